The minimum atomic E-state index is -0.253. The second-order valence-electron chi connectivity index (χ2n) is 7.21. The van der Waals surface area contributed by atoms with E-state index in [2.05, 4.69) is 25.6 Å². The van der Waals surface area contributed by atoms with E-state index in [9.17, 15) is 14.4 Å². The third-order valence-electron chi connectivity index (χ3n) is 4.73. The van der Waals surface area contributed by atoms with Crippen LogP contribution in [0, 0.1) is 0 Å². The van der Waals surface area contributed by atoms with E-state index in [-0.39, 0.29) is 23.8 Å². The van der Waals surface area contributed by atoms with Crippen molar-refractivity contribution in [2.24, 2.45) is 0 Å². The normalized spacial score (nSPS) is 10.6. The van der Waals surface area contributed by atoms with Crippen molar-refractivity contribution >= 4 is 34.0 Å². The SMILES string of the molecule is CCc1cc(=O)[nH]c(-c2cccc(NC(=O)Cc3csc(NC(=O)c4ccccc4)n3)c2)n1. The lowest BCUT2D eigenvalue weighted by molar-refractivity contribution is -0.115. The highest BCUT2D eigenvalue weighted by Crippen LogP contribution is 2.20. The Balaban J connectivity index is 1.40. The minimum absolute atomic E-state index is 0.0579. The van der Waals surface area contributed by atoms with Crippen LogP contribution in [0.25, 0.3) is 11.4 Å². The maximum atomic E-state index is 12.5. The van der Waals surface area contributed by atoms with Gasteiger partial charge in [-0.2, -0.15) is 0 Å². The molecule has 0 saturated carbocycles. The predicted octanol–water partition coefficient (Wildman–Crippen LogP) is 3.89. The summed E-state index contributed by atoms with van der Waals surface area (Å²) in [4.78, 5) is 48.1. The summed E-state index contributed by atoms with van der Waals surface area (Å²) in [6.07, 6.45) is 0.705. The van der Waals surface area contributed by atoms with Crippen LogP contribution in [0.1, 0.15) is 28.7 Å². The van der Waals surface area contributed by atoms with E-state index in [1.54, 1.807) is 47.8 Å². The maximum Gasteiger partial charge on any atom is 0.257 e. The van der Waals surface area contributed by atoms with Crippen LogP contribution < -0.4 is 16.2 Å². The van der Waals surface area contributed by atoms with Gasteiger partial charge in [0, 0.05) is 34.0 Å². The van der Waals surface area contributed by atoms with Gasteiger partial charge in [-0.25, -0.2) is 9.97 Å². The number of hydrogen-bond donors (Lipinski definition) is 3. The first kappa shape index (κ1) is 22.1. The lowest BCUT2D eigenvalue weighted by atomic mass is 10.1. The number of H-pyrrole nitrogens is 1. The van der Waals surface area contributed by atoms with Crippen molar-refractivity contribution in [2.75, 3.05) is 10.6 Å². The number of nitrogens with zero attached hydrogens (tertiary/aromatic N) is 2. The lowest BCUT2D eigenvalue weighted by Crippen LogP contribution is -2.15. The lowest BCUT2D eigenvalue weighted by Gasteiger charge is -2.07. The summed E-state index contributed by atoms with van der Waals surface area (Å²) in [6, 6.07) is 17.4. The van der Waals surface area contributed by atoms with Crippen LogP contribution in [-0.4, -0.2) is 26.8 Å². The Morgan fingerprint density at radius 2 is 1.79 bits per heavy atom. The highest BCUT2D eigenvalue weighted by molar-refractivity contribution is 7.14. The van der Waals surface area contributed by atoms with E-state index in [4.69, 9.17) is 0 Å². The van der Waals surface area contributed by atoms with Gasteiger partial charge in [-0.1, -0.05) is 37.3 Å². The van der Waals surface area contributed by atoms with Crippen molar-refractivity contribution in [3.8, 4) is 11.4 Å². The standard InChI is InChI=1S/C24H21N5O3S/c1-2-17-12-21(31)28-22(26-17)16-9-6-10-18(11-16)25-20(30)13-19-14-33-24(27-19)29-23(32)15-7-4-3-5-8-15/h3-12,14H,2,13H2,1H3,(H,25,30)(H,26,28,31)(H,27,29,32). The van der Waals surface area contributed by atoms with E-state index in [0.29, 0.717) is 45.6 Å². The van der Waals surface area contributed by atoms with Gasteiger partial charge in [-0.05, 0) is 30.7 Å². The largest absolute Gasteiger partial charge is 0.326 e. The predicted molar refractivity (Wildman–Crippen MR) is 129 cm³/mol. The number of aromatic amines is 1. The van der Waals surface area contributed by atoms with Gasteiger partial charge >= 0.3 is 0 Å². The number of benzene rings is 2. The number of rotatable bonds is 7. The van der Waals surface area contributed by atoms with Crippen LogP contribution in [0.4, 0.5) is 10.8 Å². The van der Waals surface area contributed by atoms with Crippen molar-refractivity contribution < 1.29 is 9.59 Å². The average Bonchev–Trinajstić information content (AvgIpc) is 3.25. The van der Waals surface area contributed by atoms with Crippen molar-refractivity contribution in [3.63, 3.8) is 0 Å². The molecule has 0 radical (unpaired) electrons. The van der Waals surface area contributed by atoms with Crippen molar-refractivity contribution in [1.29, 1.82) is 0 Å². The van der Waals surface area contributed by atoms with E-state index < -0.39 is 0 Å². The Bertz CT molecular complexity index is 1350. The molecule has 4 rings (SSSR count). The fourth-order valence-corrected chi connectivity index (χ4v) is 3.85. The highest BCUT2D eigenvalue weighted by Gasteiger charge is 2.12. The Morgan fingerprint density at radius 1 is 0.970 bits per heavy atom. The molecule has 0 unspecified atom stereocenters. The molecular weight excluding hydrogens is 438 g/mol. The first-order valence-electron chi connectivity index (χ1n) is 10.3. The summed E-state index contributed by atoms with van der Waals surface area (Å²) in [5.41, 5.74) is 2.84. The molecule has 0 fully saturated rings. The number of carbonyl (C=O) groups is 2. The van der Waals surface area contributed by atoms with Gasteiger partial charge in [-0.3, -0.25) is 19.7 Å². The van der Waals surface area contributed by atoms with Crippen molar-refractivity contribution in [1.82, 2.24) is 15.0 Å². The second-order valence-corrected chi connectivity index (χ2v) is 8.07. The van der Waals surface area contributed by atoms with E-state index >= 15 is 0 Å². The Hall–Kier alpha value is -4.11. The fraction of sp³-hybridized carbons (Fsp3) is 0.125. The number of amides is 2. The van der Waals surface area contributed by atoms with Crippen molar-refractivity contribution in [3.05, 3.63) is 93.3 Å². The van der Waals surface area contributed by atoms with Crippen molar-refractivity contribution in [2.45, 2.75) is 19.8 Å². The number of aryl methyl sites for hydroxylation is 1. The first-order valence-corrected chi connectivity index (χ1v) is 11.2. The molecule has 0 aliphatic rings. The number of thiazole rings is 1. The van der Waals surface area contributed by atoms with Gasteiger partial charge in [0.05, 0.1) is 12.1 Å². The van der Waals surface area contributed by atoms with Gasteiger partial charge in [0.2, 0.25) is 5.91 Å². The molecule has 8 nitrogen and oxygen atoms in total. The fourth-order valence-electron chi connectivity index (χ4n) is 3.14. The Kier molecular flexibility index (Phi) is 6.70. The molecule has 3 N–H and O–H groups in total. The quantitative estimate of drug-likeness (QED) is 0.388. The smallest absolute Gasteiger partial charge is 0.257 e. The summed E-state index contributed by atoms with van der Waals surface area (Å²) < 4.78 is 0. The molecule has 0 spiro atoms. The highest BCUT2D eigenvalue weighted by atomic mass is 32.1. The molecule has 33 heavy (non-hydrogen) atoms. The third-order valence-corrected chi connectivity index (χ3v) is 5.53. The molecular formula is C24H21N5O3S. The molecule has 2 heterocycles. The van der Waals surface area contributed by atoms with E-state index in [1.165, 1.54) is 17.4 Å². The van der Waals surface area contributed by atoms with Gasteiger partial charge in [0.1, 0.15) is 5.82 Å². The Morgan fingerprint density at radius 3 is 2.58 bits per heavy atom. The van der Waals surface area contributed by atoms with E-state index in [0.717, 1.165) is 0 Å². The van der Waals surface area contributed by atoms with Crippen LogP contribution in [0.5, 0.6) is 0 Å². The third kappa shape index (κ3) is 5.78. The number of carbonyl (C=O) groups excluding carboxylic acids is 2. The zero-order valence-electron chi connectivity index (χ0n) is 17.8. The summed E-state index contributed by atoms with van der Waals surface area (Å²) in [5, 5.41) is 7.75. The number of hydrogen-bond acceptors (Lipinski definition) is 6. The van der Waals surface area contributed by atoms with Crippen LogP contribution in [0.3, 0.4) is 0 Å². The van der Waals surface area contributed by atoms with Crippen LogP contribution in [-0.2, 0) is 17.6 Å². The molecule has 0 aliphatic heterocycles. The molecule has 2 aromatic heterocycles. The maximum absolute atomic E-state index is 12.5. The molecule has 9 heteroatoms. The molecule has 166 valence electrons. The summed E-state index contributed by atoms with van der Waals surface area (Å²) >= 11 is 1.26. The van der Waals surface area contributed by atoms with E-state index in [1.807, 2.05) is 19.1 Å². The van der Waals surface area contributed by atoms with Crippen LogP contribution in [0.2, 0.25) is 0 Å². The summed E-state index contributed by atoms with van der Waals surface area (Å²) in [7, 11) is 0. The molecule has 0 bridgehead atoms. The molecule has 2 amide bonds. The van der Waals surface area contributed by atoms with Gasteiger partial charge in [0.15, 0.2) is 5.13 Å². The minimum Gasteiger partial charge on any atom is -0.326 e. The molecule has 0 aliphatic carbocycles. The van der Waals surface area contributed by atoms with Crippen LogP contribution in [0.15, 0.2) is 70.8 Å². The van der Waals surface area contributed by atoms with Crippen LogP contribution >= 0.6 is 11.3 Å². The molecule has 2 aromatic carbocycles. The number of aromatic nitrogens is 3. The number of nitrogens with one attached hydrogen (secondary N) is 3. The summed E-state index contributed by atoms with van der Waals surface area (Å²) in [5.74, 6) is -0.0487. The zero-order chi connectivity index (χ0) is 23.2. The molecule has 0 saturated heterocycles. The van der Waals surface area contributed by atoms with Gasteiger partial charge in [-0.15, -0.1) is 11.3 Å². The second kappa shape index (κ2) is 10.0. The number of anilines is 2. The first-order chi connectivity index (χ1) is 16.0. The average molecular weight is 460 g/mol. The Labute approximate surface area is 193 Å². The summed E-state index contributed by atoms with van der Waals surface area (Å²) in [6.45, 7) is 1.93. The van der Waals surface area contributed by atoms with Gasteiger partial charge in [0.25, 0.3) is 11.5 Å². The van der Waals surface area contributed by atoms with Gasteiger partial charge < -0.3 is 10.3 Å². The topological polar surface area (TPSA) is 117 Å². The molecule has 0 atom stereocenters. The monoisotopic (exact) mass is 459 g/mol. The zero-order valence-corrected chi connectivity index (χ0v) is 18.6. The molecule has 4 aromatic rings.